The smallest absolute Gasteiger partial charge is 0.326 e. The first-order valence-electron chi connectivity index (χ1n) is 8.64. The first-order valence-corrected chi connectivity index (χ1v) is 10.0. The number of hydrogen-bond acceptors (Lipinski definition) is 3. The summed E-state index contributed by atoms with van der Waals surface area (Å²) < 4.78 is 0. The number of amides is 1. The van der Waals surface area contributed by atoms with Gasteiger partial charge in [0.2, 0.25) is 5.91 Å². The number of allylic oxidation sites excluding steroid dienone is 1. The molecule has 1 amide bonds. The Balaban J connectivity index is 4.77. The highest BCUT2D eigenvalue weighted by Gasteiger charge is 2.28. The summed E-state index contributed by atoms with van der Waals surface area (Å²) in [6, 6.07) is -0.704. The average Bonchev–Trinajstić information content (AvgIpc) is 2.53. The Labute approximate surface area is 145 Å². The van der Waals surface area contributed by atoms with E-state index in [-0.39, 0.29) is 5.91 Å². The Morgan fingerprint density at radius 3 is 2.48 bits per heavy atom. The minimum atomic E-state index is -0.896. The highest BCUT2D eigenvalue weighted by molar-refractivity contribution is 7.98. The van der Waals surface area contributed by atoms with E-state index in [1.54, 1.807) is 16.7 Å². The van der Waals surface area contributed by atoms with Crippen molar-refractivity contribution in [1.29, 1.82) is 0 Å². The molecule has 0 aromatic rings. The Hall–Kier alpha value is -0.970. The predicted octanol–water partition coefficient (Wildman–Crippen LogP) is 4.20. The molecular formula is C18H33NO3S. The molecule has 0 radical (unpaired) electrons. The number of thioether (sulfide) groups is 1. The average molecular weight is 344 g/mol. The molecule has 0 aliphatic rings. The van der Waals surface area contributed by atoms with Gasteiger partial charge in [-0.3, -0.25) is 4.79 Å². The van der Waals surface area contributed by atoms with Crippen LogP contribution in [0.25, 0.3) is 0 Å². The lowest BCUT2D eigenvalue weighted by atomic mass is 10.0. The molecule has 0 heterocycles. The van der Waals surface area contributed by atoms with Gasteiger partial charge in [-0.1, -0.05) is 45.8 Å². The lowest BCUT2D eigenvalue weighted by Crippen LogP contribution is -2.45. The van der Waals surface area contributed by atoms with E-state index in [1.807, 2.05) is 25.3 Å². The van der Waals surface area contributed by atoms with Crippen LogP contribution >= 0.6 is 11.8 Å². The molecule has 0 aliphatic carbocycles. The van der Waals surface area contributed by atoms with Gasteiger partial charge in [-0.2, -0.15) is 11.8 Å². The summed E-state index contributed by atoms with van der Waals surface area (Å²) in [5, 5.41) is 9.47. The lowest BCUT2D eigenvalue weighted by molar-refractivity contribution is -0.150. The fourth-order valence-electron chi connectivity index (χ4n) is 2.22. The molecule has 23 heavy (non-hydrogen) atoms. The van der Waals surface area contributed by atoms with E-state index >= 15 is 0 Å². The van der Waals surface area contributed by atoms with Crippen molar-refractivity contribution in [3.8, 4) is 0 Å². The second-order valence-corrected chi connectivity index (χ2v) is 6.99. The number of aliphatic carboxylic acids is 1. The van der Waals surface area contributed by atoms with Gasteiger partial charge in [-0.25, -0.2) is 4.79 Å². The SMILES string of the molecule is CCCCN(C(=O)CC=CC[C@@H](C)CC)[C@H](CCSC)C(=O)O. The topological polar surface area (TPSA) is 57.6 Å². The molecular weight excluding hydrogens is 310 g/mol. The van der Waals surface area contributed by atoms with Crippen LogP contribution in [0.15, 0.2) is 12.2 Å². The van der Waals surface area contributed by atoms with Crippen molar-refractivity contribution in [3.63, 3.8) is 0 Å². The number of carbonyl (C=O) groups is 2. The maximum atomic E-state index is 12.5. The predicted molar refractivity (Wildman–Crippen MR) is 98.9 cm³/mol. The number of hydrogen-bond donors (Lipinski definition) is 1. The molecule has 4 nitrogen and oxygen atoms in total. The molecule has 0 spiro atoms. The Kier molecular flexibility index (Phi) is 12.9. The van der Waals surface area contributed by atoms with Crippen molar-refractivity contribution in [2.75, 3.05) is 18.6 Å². The van der Waals surface area contributed by atoms with Crippen molar-refractivity contribution in [1.82, 2.24) is 4.90 Å². The molecule has 0 fully saturated rings. The second-order valence-electron chi connectivity index (χ2n) is 6.00. The summed E-state index contributed by atoms with van der Waals surface area (Å²) in [6.07, 6.45) is 10.6. The van der Waals surface area contributed by atoms with E-state index in [0.717, 1.165) is 31.4 Å². The molecule has 1 N–H and O–H groups in total. The summed E-state index contributed by atoms with van der Waals surface area (Å²) in [4.78, 5) is 25.6. The summed E-state index contributed by atoms with van der Waals surface area (Å²) in [5.41, 5.74) is 0. The molecule has 5 heteroatoms. The van der Waals surface area contributed by atoms with Crippen LogP contribution in [-0.2, 0) is 9.59 Å². The summed E-state index contributed by atoms with van der Waals surface area (Å²) >= 11 is 1.61. The minimum Gasteiger partial charge on any atom is -0.480 e. The number of carboxylic acid groups (broad SMARTS) is 1. The Bertz CT molecular complexity index is 371. The van der Waals surface area contributed by atoms with Gasteiger partial charge in [0.1, 0.15) is 6.04 Å². The highest BCUT2D eigenvalue weighted by Crippen LogP contribution is 2.13. The summed E-state index contributed by atoms with van der Waals surface area (Å²) in [5.74, 6) is 0.391. The van der Waals surface area contributed by atoms with Gasteiger partial charge in [0.15, 0.2) is 0 Å². The van der Waals surface area contributed by atoms with Gasteiger partial charge in [-0.15, -0.1) is 0 Å². The van der Waals surface area contributed by atoms with E-state index in [1.165, 1.54) is 0 Å². The Morgan fingerprint density at radius 1 is 1.26 bits per heavy atom. The molecule has 2 atom stereocenters. The standard InChI is InChI=1S/C18H33NO3S/c1-5-7-13-19(16(18(21)22)12-14-23-4)17(20)11-9-8-10-15(3)6-2/h8-9,15-16H,5-7,10-14H2,1-4H3,(H,21,22)/t15-,16+/m0/s1. The van der Waals surface area contributed by atoms with Gasteiger partial charge in [-0.05, 0) is 37.2 Å². The molecule has 0 saturated heterocycles. The van der Waals surface area contributed by atoms with Gasteiger partial charge in [0.25, 0.3) is 0 Å². The van der Waals surface area contributed by atoms with Crippen LogP contribution in [0.5, 0.6) is 0 Å². The first-order chi connectivity index (χ1) is 11.0. The molecule has 0 bridgehead atoms. The maximum Gasteiger partial charge on any atom is 0.326 e. The van der Waals surface area contributed by atoms with Gasteiger partial charge in [0.05, 0.1) is 0 Å². The molecule has 0 aromatic heterocycles. The van der Waals surface area contributed by atoms with E-state index in [9.17, 15) is 14.7 Å². The lowest BCUT2D eigenvalue weighted by Gasteiger charge is -2.28. The van der Waals surface area contributed by atoms with Crippen LogP contribution in [0.3, 0.4) is 0 Å². The number of unbranched alkanes of at least 4 members (excludes halogenated alkanes) is 1. The third-order valence-electron chi connectivity index (χ3n) is 4.02. The molecule has 0 saturated carbocycles. The van der Waals surface area contributed by atoms with E-state index in [2.05, 4.69) is 13.8 Å². The van der Waals surface area contributed by atoms with Crippen LogP contribution in [0.4, 0.5) is 0 Å². The van der Waals surface area contributed by atoms with Crippen LogP contribution < -0.4 is 0 Å². The molecule has 0 unspecified atom stereocenters. The van der Waals surface area contributed by atoms with Crippen LogP contribution in [0.2, 0.25) is 0 Å². The summed E-state index contributed by atoms with van der Waals surface area (Å²) in [6.45, 7) is 6.91. The molecule has 0 aliphatic heterocycles. The zero-order valence-electron chi connectivity index (χ0n) is 15.1. The van der Waals surface area contributed by atoms with E-state index in [4.69, 9.17) is 0 Å². The summed E-state index contributed by atoms with van der Waals surface area (Å²) in [7, 11) is 0. The van der Waals surface area contributed by atoms with Crippen LogP contribution in [0, 0.1) is 5.92 Å². The third kappa shape index (κ3) is 9.69. The normalized spacial score (nSPS) is 13.9. The van der Waals surface area contributed by atoms with Gasteiger partial charge in [0, 0.05) is 13.0 Å². The van der Waals surface area contributed by atoms with Gasteiger partial charge < -0.3 is 10.0 Å². The van der Waals surface area contributed by atoms with Crippen molar-refractivity contribution < 1.29 is 14.7 Å². The zero-order valence-corrected chi connectivity index (χ0v) is 15.9. The molecule has 134 valence electrons. The van der Waals surface area contributed by atoms with Crippen molar-refractivity contribution in [2.24, 2.45) is 5.92 Å². The van der Waals surface area contributed by atoms with E-state index < -0.39 is 12.0 Å². The third-order valence-corrected chi connectivity index (χ3v) is 4.67. The largest absolute Gasteiger partial charge is 0.480 e. The number of carboxylic acids is 1. The first kappa shape index (κ1) is 22.0. The second kappa shape index (κ2) is 13.5. The minimum absolute atomic E-state index is 0.0765. The number of carbonyl (C=O) groups excluding carboxylic acids is 1. The fraction of sp³-hybridized carbons (Fsp3) is 0.778. The van der Waals surface area contributed by atoms with E-state index in [0.29, 0.717) is 25.3 Å². The van der Waals surface area contributed by atoms with Gasteiger partial charge >= 0.3 is 5.97 Å². The van der Waals surface area contributed by atoms with Crippen LogP contribution in [0.1, 0.15) is 59.3 Å². The zero-order chi connectivity index (χ0) is 17.7. The molecule has 0 aromatic carbocycles. The van der Waals surface area contributed by atoms with Crippen molar-refractivity contribution in [3.05, 3.63) is 12.2 Å². The monoisotopic (exact) mass is 343 g/mol. The number of nitrogens with zero attached hydrogens (tertiary/aromatic N) is 1. The highest BCUT2D eigenvalue weighted by atomic mass is 32.2. The quantitative estimate of drug-likeness (QED) is 0.509. The Morgan fingerprint density at radius 2 is 1.96 bits per heavy atom. The number of rotatable bonds is 13. The molecule has 0 rings (SSSR count). The fourth-order valence-corrected chi connectivity index (χ4v) is 2.68. The van der Waals surface area contributed by atoms with Crippen molar-refractivity contribution in [2.45, 2.75) is 65.3 Å². The van der Waals surface area contributed by atoms with Crippen LogP contribution in [-0.4, -0.2) is 46.5 Å². The maximum absolute atomic E-state index is 12.5. The van der Waals surface area contributed by atoms with Crippen molar-refractivity contribution >= 4 is 23.6 Å².